The Morgan fingerprint density at radius 2 is 1.74 bits per heavy atom. The van der Waals surface area contributed by atoms with Crippen molar-refractivity contribution in [3.8, 4) is 0 Å². The predicted molar refractivity (Wildman–Crippen MR) is 77.5 cm³/mol. The van der Waals surface area contributed by atoms with Crippen LogP contribution < -0.4 is 4.72 Å². The van der Waals surface area contributed by atoms with Crippen LogP contribution in [0, 0.1) is 0 Å². The number of nitrogens with zero attached hydrogens (tertiary/aromatic N) is 1. The maximum Gasteiger partial charge on any atom is 0.279 e. The number of rotatable bonds is 5. The summed E-state index contributed by atoms with van der Waals surface area (Å²) in [5, 5.41) is 0.692. The lowest BCUT2D eigenvalue weighted by molar-refractivity contribution is 0.342. The van der Waals surface area contributed by atoms with E-state index in [1.807, 2.05) is 24.3 Å². The van der Waals surface area contributed by atoms with E-state index in [2.05, 4.69) is 4.72 Å². The molecule has 106 valence electrons. The highest BCUT2D eigenvalue weighted by Gasteiger charge is 2.22. The van der Waals surface area contributed by atoms with Crippen LogP contribution in [0.2, 0.25) is 5.02 Å². The van der Waals surface area contributed by atoms with Crippen LogP contribution in [0.1, 0.15) is 24.8 Å². The van der Waals surface area contributed by atoms with Crippen LogP contribution in [-0.2, 0) is 16.6 Å². The van der Waals surface area contributed by atoms with Gasteiger partial charge < -0.3 is 0 Å². The third-order valence-corrected chi connectivity index (χ3v) is 5.13. The van der Waals surface area contributed by atoms with Crippen LogP contribution in [0.4, 0.5) is 0 Å². The SMILES string of the molecule is O=S(=O)(NCCc1ccc(Cl)cc1)N1CCCCC1. The third kappa shape index (κ3) is 4.45. The maximum absolute atomic E-state index is 12.0. The summed E-state index contributed by atoms with van der Waals surface area (Å²) >= 11 is 5.80. The van der Waals surface area contributed by atoms with Crippen LogP contribution in [0.15, 0.2) is 24.3 Å². The van der Waals surface area contributed by atoms with Crippen molar-refractivity contribution in [1.82, 2.24) is 9.03 Å². The van der Waals surface area contributed by atoms with Crippen LogP contribution in [0.5, 0.6) is 0 Å². The van der Waals surface area contributed by atoms with Gasteiger partial charge in [0.1, 0.15) is 0 Å². The standard InChI is InChI=1S/C13H19ClN2O2S/c14-13-6-4-12(5-7-13)8-9-15-19(17,18)16-10-2-1-3-11-16/h4-7,15H,1-3,8-11H2. The number of piperidine rings is 1. The van der Waals surface area contributed by atoms with Crippen LogP contribution in [0.3, 0.4) is 0 Å². The lowest BCUT2D eigenvalue weighted by Gasteiger charge is -2.25. The summed E-state index contributed by atoms with van der Waals surface area (Å²) in [5.41, 5.74) is 1.07. The van der Waals surface area contributed by atoms with Crippen molar-refractivity contribution < 1.29 is 8.42 Å². The average molecular weight is 303 g/mol. The van der Waals surface area contributed by atoms with Crippen LogP contribution in [0.25, 0.3) is 0 Å². The summed E-state index contributed by atoms with van der Waals surface area (Å²) < 4.78 is 28.2. The minimum atomic E-state index is -3.30. The largest absolute Gasteiger partial charge is 0.279 e. The second kappa shape index (κ2) is 6.70. The van der Waals surface area contributed by atoms with Gasteiger partial charge in [0.2, 0.25) is 0 Å². The van der Waals surface area contributed by atoms with E-state index in [-0.39, 0.29) is 0 Å². The number of halogens is 1. The van der Waals surface area contributed by atoms with Gasteiger partial charge in [-0.3, -0.25) is 0 Å². The Balaban J connectivity index is 1.82. The Bertz CT molecular complexity index is 496. The first-order valence-electron chi connectivity index (χ1n) is 6.57. The molecule has 0 atom stereocenters. The number of hydrogen-bond acceptors (Lipinski definition) is 2. The van der Waals surface area contributed by atoms with Gasteiger partial charge in [0.05, 0.1) is 0 Å². The number of hydrogen-bond donors (Lipinski definition) is 1. The molecule has 1 aliphatic rings. The zero-order valence-corrected chi connectivity index (χ0v) is 12.4. The summed E-state index contributed by atoms with van der Waals surface area (Å²) in [6, 6.07) is 7.46. The van der Waals surface area contributed by atoms with Crippen molar-refractivity contribution in [3.05, 3.63) is 34.9 Å². The van der Waals surface area contributed by atoms with E-state index in [0.717, 1.165) is 24.8 Å². The van der Waals surface area contributed by atoms with Gasteiger partial charge >= 0.3 is 0 Å². The second-order valence-electron chi connectivity index (χ2n) is 4.74. The minimum Gasteiger partial charge on any atom is -0.202 e. The molecular weight excluding hydrogens is 284 g/mol. The fraction of sp³-hybridized carbons (Fsp3) is 0.538. The lowest BCUT2D eigenvalue weighted by Crippen LogP contribution is -2.43. The maximum atomic E-state index is 12.0. The Kier molecular flexibility index (Phi) is 5.21. The Labute approximate surface area is 119 Å². The van der Waals surface area contributed by atoms with Crippen molar-refractivity contribution in [2.75, 3.05) is 19.6 Å². The molecule has 1 heterocycles. The predicted octanol–water partition coefficient (Wildman–Crippen LogP) is 2.20. The van der Waals surface area contributed by atoms with Gasteiger partial charge in [-0.1, -0.05) is 30.2 Å². The molecule has 1 saturated heterocycles. The molecule has 0 saturated carbocycles. The number of nitrogens with one attached hydrogen (secondary N) is 1. The van der Waals surface area contributed by atoms with Crippen LogP contribution in [-0.4, -0.2) is 32.4 Å². The molecule has 2 rings (SSSR count). The molecule has 1 aromatic rings. The summed E-state index contributed by atoms with van der Waals surface area (Å²) in [4.78, 5) is 0. The van der Waals surface area contributed by atoms with Gasteiger partial charge in [0.25, 0.3) is 10.2 Å². The molecule has 1 fully saturated rings. The molecule has 1 aliphatic heterocycles. The molecule has 0 unspecified atom stereocenters. The van der Waals surface area contributed by atoms with Crippen molar-refractivity contribution in [1.29, 1.82) is 0 Å². The van der Waals surface area contributed by atoms with E-state index in [1.165, 1.54) is 0 Å². The fourth-order valence-corrected chi connectivity index (χ4v) is 3.58. The highest BCUT2D eigenvalue weighted by molar-refractivity contribution is 7.87. The first kappa shape index (κ1) is 14.8. The summed E-state index contributed by atoms with van der Waals surface area (Å²) in [7, 11) is -3.30. The highest BCUT2D eigenvalue weighted by atomic mass is 35.5. The molecule has 6 heteroatoms. The van der Waals surface area contributed by atoms with Gasteiger partial charge in [-0.15, -0.1) is 0 Å². The summed E-state index contributed by atoms with van der Waals surface area (Å²) in [6.07, 6.45) is 3.71. The first-order valence-corrected chi connectivity index (χ1v) is 8.39. The van der Waals surface area contributed by atoms with Gasteiger partial charge in [-0.2, -0.15) is 12.7 Å². The zero-order chi connectivity index (χ0) is 13.7. The summed E-state index contributed by atoms with van der Waals surface area (Å²) in [5.74, 6) is 0. The van der Waals surface area contributed by atoms with Crippen molar-refractivity contribution in [3.63, 3.8) is 0 Å². The molecule has 4 nitrogen and oxygen atoms in total. The molecule has 0 amide bonds. The third-order valence-electron chi connectivity index (χ3n) is 3.27. The van der Waals surface area contributed by atoms with Crippen molar-refractivity contribution in [2.24, 2.45) is 0 Å². The molecule has 0 radical (unpaired) electrons. The van der Waals surface area contributed by atoms with Gasteiger partial charge in [-0.05, 0) is 37.0 Å². The van der Waals surface area contributed by atoms with E-state index in [0.29, 0.717) is 31.1 Å². The molecule has 1 aromatic carbocycles. The quantitative estimate of drug-likeness (QED) is 0.906. The molecule has 0 aliphatic carbocycles. The first-order chi connectivity index (χ1) is 9.08. The van der Waals surface area contributed by atoms with E-state index in [1.54, 1.807) is 4.31 Å². The van der Waals surface area contributed by atoms with E-state index >= 15 is 0 Å². The molecule has 0 aromatic heterocycles. The van der Waals surface area contributed by atoms with E-state index < -0.39 is 10.2 Å². The van der Waals surface area contributed by atoms with Crippen molar-refractivity contribution in [2.45, 2.75) is 25.7 Å². The second-order valence-corrected chi connectivity index (χ2v) is 6.93. The Hall–Kier alpha value is -0.620. The van der Waals surface area contributed by atoms with E-state index in [4.69, 9.17) is 11.6 Å². The minimum absolute atomic E-state index is 0.417. The Morgan fingerprint density at radius 1 is 1.11 bits per heavy atom. The lowest BCUT2D eigenvalue weighted by atomic mass is 10.2. The molecule has 0 spiro atoms. The summed E-state index contributed by atoms with van der Waals surface area (Å²) in [6.45, 7) is 1.69. The molecular formula is C13H19ClN2O2S. The highest BCUT2D eigenvalue weighted by Crippen LogP contribution is 2.12. The topological polar surface area (TPSA) is 49.4 Å². The van der Waals surface area contributed by atoms with Crippen LogP contribution >= 0.6 is 11.6 Å². The number of benzene rings is 1. The Morgan fingerprint density at radius 3 is 2.37 bits per heavy atom. The van der Waals surface area contributed by atoms with Gasteiger partial charge in [0.15, 0.2) is 0 Å². The fourth-order valence-electron chi connectivity index (χ4n) is 2.17. The molecule has 19 heavy (non-hydrogen) atoms. The smallest absolute Gasteiger partial charge is 0.202 e. The monoisotopic (exact) mass is 302 g/mol. The average Bonchev–Trinajstić information content (AvgIpc) is 2.42. The molecule has 1 N–H and O–H groups in total. The van der Waals surface area contributed by atoms with E-state index in [9.17, 15) is 8.42 Å². The van der Waals surface area contributed by atoms with Crippen molar-refractivity contribution >= 4 is 21.8 Å². The van der Waals surface area contributed by atoms with Gasteiger partial charge in [-0.25, -0.2) is 4.72 Å². The van der Waals surface area contributed by atoms with Gasteiger partial charge in [0, 0.05) is 24.7 Å². The molecule has 0 bridgehead atoms. The zero-order valence-electron chi connectivity index (χ0n) is 10.8. The normalized spacial score (nSPS) is 17.5.